The van der Waals surface area contributed by atoms with Crippen LogP contribution in [-0.2, 0) is 31.9 Å². The molecule has 2 aromatic heterocycles. The Morgan fingerprint density at radius 1 is 0.814 bits per heavy atom. The van der Waals surface area contributed by atoms with Crippen LogP contribution in [0.5, 0.6) is 0 Å². The molecule has 8 rings (SSSR count). The predicted molar refractivity (Wildman–Crippen MR) is 213 cm³/mol. The summed E-state index contributed by atoms with van der Waals surface area (Å²) in [5.74, 6) is -3.46. The first-order valence-electron chi connectivity index (χ1n) is 19.5. The molecule has 4 amide bonds. The highest BCUT2D eigenvalue weighted by molar-refractivity contribution is 6.02. The van der Waals surface area contributed by atoms with E-state index in [1.54, 1.807) is 31.1 Å². The Kier molecular flexibility index (Phi) is 10.4. The first kappa shape index (κ1) is 39.3. The zero-order chi connectivity index (χ0) is 41.6. The molecule has 0 spiro atoms. The van der Waals surface area contributed by atoms with Crippen LogP contribution in [0, 0.1) is 5.92 Å². The molecule has 1 saturated heterocycles. The fourth-order valence-corrected chi connectivity index (χ4v) is 8.35. The number of alkyl carbamates (subject to hydrolysis) is 2. The van der Waals surface area contributed by atoms with Gasteiger partial charge in [-0.1, -0.05) is 80.6 Å². The van der Waals surface area contributed by atoms with Gasteiger partial charge in [-0.25, -0.2) is 28.3 Å². The van der Waals surface area contributed by atoms with E-state index in [4.69, 9.17) is 9.72 Å². The minimum absolute atomic E-state index is 0.200. The van der Waals surface area contributed by atoms with Crippen LogP contribution in [-0.4, -0.2) is 87.6 Å². The molecule has 3 aliphatic rings. The molecule has 5 heterocycles. The molecule has 4 N–H and O–H groups in total. The van der Waals surface area contributed by atoms with Gasteiger partial charge in [-0.3, -0.25) is 14.5 Å². The Bertz CT molecular complexity index is 2390. The smallest absolute Gasteiger partial charge is 0.407 e. The Morgan fingerprint density at radius 2 is 1.37 bits per heavy atom. The maximum absolute atomic E-state index is 14.8. The van der Waals surface area contributed by atoms with Gasteiger partial charge in [0.2, 0.25) is 11.8 Å². The molecule has 0 aliphatic carbocycles. The highest BCUT2D eigenvalue weighted by Crippen LogP contribution is 2.45. The molecule has 3 aromatic carbocycles. The van der Waals surface area contributed by atoms with Crippen LogP contribution in [0.15, 0.2) is 79.1 Å². The number of aryl methyl sites for hydroxylation is 1. The third-order valence-electron chi connectivity index (χ3n) is 11.4. The van der Waals surface area contributed by atoms with Crippen molar-refractivity contribution in [1.82, 2.24) is 35.5 Å². The Morgan fingerprint density at radius 3 is 1.95 bits per heavy atom. The molecular formula is C43H44F2N8O6. The van der Waals surface area contributed by atoms with Crippen molar-refractivity contribution < 1.29 is 37.4 Å². The maximum Gasteiger partial charge on any atom is 0.407 e. The van der Waals surface area contributed by atoms with E-state index >= 15 is 0 Å². The van der Waals surface area contributed by atoms with E-state index in [9.17, 15) is 28.0 Å². The molecular weight excluding hydrogens is 763 g/mol. The summed E-state index contributed by atoms with van der Waals surface area (Å²) in [7, 11) is 2.45. The van der Waals surface area contributed by atoms with E-state index in [0.29, 0.717) is 30.8 Å². The summed E-state index contributed by atoms with van der Waals surface area (Å²) < 4.78 is 39.0. The second kappa shape index (κ2) is 15.6. The second-order valence-corrected chi connectivity index (χ2v) is 15.5. The third-order valence-corrected chi connectivity index (χ3v) is 11.4. The summed E-state index contributed by atoms with van der Waals surface area (Å²) in [5.41, 5.74) is 8.00. The topological polar surface area (TPSA) is 175 Å². The molecule has 0 radical (unpaired) electrons. The minimum atomic E-state index is -3.13. The van der Waals surface area contributed by atoms with Crippen molar-refractivity contribution in [1.29, 1.82) is 0 Å². The van der Waals surface area contributed by atoms with Gasteiger partial charge in [0, 0.05) is 12.8 Å². The molecule has 5 aromatic rings. The van der Waals surface area contributed by atoms with E-state index < -0.39 is 55.1 Å². The number of aromatic amines is 2. The van der Waals surface area contributed by atoms with Crippen molar-refractivity contribution >= 4 is 29.7 Å². The molecule has 4 atom stereocenters. The normalized spacial score (nSPS) is 19.9. The third kappa shape index (κ3) is 7.62. The van der Waals surface area contributed by atoms with E-state index in [1.807, 2.05) is 66.7 Å². The van der Waals surface area contributed by atoms with Gasteiger partial charge in [-0.05, 0) is 52.1 Å². The summed E-state index contributed by atoms with van der Waals surface area (Å²) in [5, 5.41) is 5.19. The lowest BCUT2D eigenvalue weighted by Gasteiger charge is -2.29. The monoisotopic (exact) mass is 806 g/mol. The van der Waals surface area contributed by atoms with Crippen LogP contribution in [0.25, 0.3) is 33.6 Å². The Balaban J connectivity index is 0.964. The number of methoxy groups -OCH3 is 2. The molecule has 306 valence electrons. The molecule has 16 heteroatoms. The number of imidazole rings is 2. The van der Waals surface area contributed by atoms with E-state index in [2.05, 4.69) is 30.3 Å². The standard InChI is InChI=1S/C43H44F2N8O6/c1-23(2)35(51-42(57)59-4)40(55)52-22-43(44,45)19-34(52)38-47-21-32(49-38)27-14-10-25(11-15-27)24-8-12-26(13-9-24)31-20-46-37(48-31)33-18-29-7-5-6-28-16-17-30(50-41(56)58-3)39(54)53(33)36(28)29/h5-15,20-21,23,30,33-35H,16-19,22H2,1-4H3,(H,46,48)(H,47,49)(H,50,56)(H,51,57)/t30-,33-,34-,35-/m0/s1. The SMILES string of the molecule is COC(=O)N[C@H]1CCc2cccc3c2N(C1=O)[C@H](c1ncc(-c2ccc(-c4ccc(-c5cnc([C@@H]6CC(F)(F)CN6C(=O)[C@@H](NC(=O)OC)C(C)C)[nH]5)cc4)cc2)[nH]1)C3. The maximum atomic E-state index is 14.8. The van der Waals surface area contributed by atoms with Crippen LogP contribution in [0.3, 0.4) is 0 Å². The number of hydrogen-bond acceptors (Lipinski definition) is 8. The number of benzene rings is 3. The minimum Gasteiger partial charge on any atom is -0.453 e. The van der Waals surface area contributed by atoms with E-state index in [1.165, 1.54) is 14.2 Å². The highest BCUT2D eigenvalue weighted by atomic mass is 19.3. The lowest BCUT2D eigenvalue weighted by molar-refractivity contribution is -0.136. The molecule has 3 aliphatic heterocycles. The van der Waals surface area contributed by atoms with Crippen LogP contribution in [0.2, 0.25) is 0 Å². The number of likely N-dealkylation sites (tertiary alicyclic amines) is 1. The van der Waals surface area contributed by atoms with Crippen molar-refractivity contribution in [2.75, 3.05) is 25.7 Å². The molecule has 0 unspecified atom stereocenters. The van der Waals surface area contributed by atoms with Gasteiger partial charge in [0.1, 0.15) is 23.7 Å². The quantitative estimate of drug-likeness (QED) is 0.127. The number of para-hydroxylation sites is 1. The van der Waals surface area contributed by atoms with Crippen molar-refractivity contribution in [3.05, 3.63) is 102 Å². The number of carbonyl (C=O) groups excluding carboxylic acids is 4. The fourth-order valence-electron chi connectivity index (χ4n) is 8.35. The summed E-state index contributed by atoms with van der Waals surface area (Å²) in [6, 6.07) is 18.6. The number of H-pyrrole nitrogens is 2. The van der Waals surface area contributed by atoms with Gasteiger partial charge in [0.05, 0.1) is 62.3 Å². The molecule has 14 nitrogen and oxygen atoms in total. The van der Waals surface area contributed by atoms with Gasteiger partial charge >= 0.3 is 12.2 Å². The Labute approximate surface area is 338 Å². The average molecular weight is 807 g/mol. The summed E-state index contributed by atoms with van der Waals surface area (Å²) in [6.07, 6.45) is 2.94. The molecule has 59 heavy (non-hydrogen) atoms. The van der Waals surface area contributed by atoms with Crippen molar-refractivity contribution in [3.8, 4) is 33.6 Å². The van der Waals surface area contributed by atoms with Crippen molar-refractivity contribution in [2.45, 2.75) is 69.6 Å². The number of alkyl halides is 2. The lowest BCUT2D eigenvalue weighted by Crippen LogP contribution is -2.51. The number of nitrogens with one attached hydrogen (secondary N) is 4. The fraction of sp³-hybridized carbons (Fsp3) is 0.349. The number of aromatic nitrogens is 4. The number of halogens is 2. The van der Waals surface area contributed by atoms with Crippen LogP contribution in [0.1, 0.15) is 61.5 Å². The van der Waals surface area contributed by atoms with Crippen molar-refractivity contribution in [3.63, 3.8) is 0 Å². The number of nitrogens with zero attached hydrogens (tertiary/aromatic N) is 4. The van der Waals surface area contributed by atoms with Gasteiger partial charge in [0.25, 0.3) is 5.92 Å². The van der Waals surface area contributed by atoms with E-state index in [0.717, 1.165) is 49.7 Å². The second-order valence-electron chi connectivity index (χ2n) is 15.5. The zero-order valence-electron chi connectivity index (χ0n) is 32.9. The number of rotatable bonds is 9. The molecule has 0 bridgehead atoms. The number of carbonyl (C=O) groups is 4. The van der Waals surface area contributed by atoms with Gasteiger partial charge in [-0.2, -0.15) is 0 Å². The number of anilines is 1. The molecule has 1 fully saturated rings. The number of hydrogen-bond donors (Lipinski definition) is 4. The van der Waals surface area contributed by atoms with Crippen molar-refractivity contribution in [2.24, 2.45) is 5.92 Å². The number of amides is 4. The summed E-state index contributed by atoms with van der Waals surface area (Å²) in [6.45, 7) is 2.64. The highest BCUT2D eigenvalue weighted by Gasteiger charge is 2.50. The predicted octanol–water partition coefficient (Wildman–Crippen LogP) is 6.72. The lowest BCUT2D eigenvalue weighted by atomic mass is 10.0. The van der Waals surface area contributed by atoms with Crippen LogP contribution >= 0.6 is 0 Å². The Hall–Kier alpha value is -6.58. The average Bonchev–Trinajstić information content (AvgIpc) is 4.04. The molecule has 0 saturated carbocycles. The van der Waals surface area contributed by atoms with Gasteiger partial charge in [0.15, 0.2) is 0 Å². The first-order chi connectivity index (χ1) is 28.3. The van der Waals surface area contributed by atoms with Crippen LogP contribution < -0.4 is 15.5 Å². The zero-order valence-corrected chi connectivity index (χ0v) is 32.9. The van der Waals surface area contributed by atoms with E-state index in [-0.39, 0.29) is 23.7 Å². The first-order valence-corrected chi connectivity index (χ1v) is 19.5. The largest absolute Gasteiger partial charge is 0.453 e. The number of ether oxygens (including phenoxy) is 2. The summed E-state index contributed by atoms with van der Waals surface area (Å²) in [4.78, 5) is 70.0. The summed E-state index contributed by atoms with van der Waals surface area (Å²) >= 11 is 0. The van der Waals surface area contributed by atoms with Gasteiger partial charge < -0.3 is 35.0 Å². The van der Waals surface area contributed by atoms with Gasteiger partial charge in [-0.15, -0.1) is 0 Å². The van der Waals surface area contributed by atoms with Crippen LogP contribution in [0.4, 0.5) is 24.1 Å².